The van der Waals surface area contributed by atoms with Gasteiger partial charge in [-0.15, -0.1) is 0 Å². The molecule has 0 bridgehead atoms. The lowest BCUT2D eigenvalue weighted by atomic mass is 9.95. The van der Waals surface area contributed by atoms with Crippen molar-refractivity contribution in [1.82, 2.24) is 5.32 Å². The molecular formula is C24H22ClNO2. The van der Waals surface area contributed by atoms with Gasteiger partial charge in [-0.2, -0.15) is 0 Å². The molecule has 0 fully saturated rings. The van der Waals surface area contributed by atoms with Crippen LogP contribution in [0.1, 0.15) is 39.9 Å². The Morgan fingerprint density at radius 1 is 0.893 bits per heavy atom. The predicted molar refractivity (Wildman–Crippen MR) is 113 cm³/mol. The van der Waals surface area contributed by atoms with Crippen LogP contribution in [0.4, 0.5) is 0 Å². The van der Waals surface area contributed by atoms with Gasteiger partial charge in [0.2, 0.25) is 5.91 Å². The molecule has 142 valence electrons. The predicted octanol–water partition coefficient (Wildman–Crippen LogP) is 5.03. The van der Waals surface area contributed by atoms with Gasteiger partial charge < -0.3 is 5.32 Å². The summed E-state index contributed by atoms with van der Waals surface area (Å²) in [7, 11) is 0. The fraction of sp³-hybridized carbons (Fsp3) is 0.167. The van der Waals surface area contributed by atoms with E-state index >= 15 is 0 Å². The first-order chi connectivity index (χ1) is 13.5. The largest absolute Gasteiger partial charge is 0.355 e. The van der Waals surface area contributed by atoms with Crippen molar-refractivity contribution in [3.05, 3.63) is 106 Å². The SMILES string of the molecule is C[C@H](C(=O)NCCc1ccc(Cl)cc1)c1cccc(C(=O)c2ccccc2)c1. The summed E-state index contributed by atoms with van der Waals surface area (Å²) in [5.41, 5.74) is 3.17. The van der Waals surface area contributed by atoms with Crippen LogP contribution in [0, 0.1) is 0 Å². The molecule has 3 aromatic rings. The fourth-order valence-corrected chi connectivity index (χ4v) is 3.12. The summed E-state index contributed by atoms with van der Waals surface area (Å²) in [6.07, 6.45) is 0.738. The summed E-state index contributed by atoms with van der Waals surface area (Å²) in [4.78, 5) is 25.2. The van der Waals surface area contributed by atoms with Gasteiger partial charge in [-0.3, -0.25) is 9.59 Å². The van der Waals surface area contributed by atoms with E-state index in [-0.39, 0.29) is 17.6 Å². The minimum Gasteiger partial charge on any atom is -0.355 e. The maximum Gasteiger partial charge on any atom is 0.227 e. The van der Waals surface area contributed by atoms with Crippen LogP contribution >= 0.6 is 11.6 Å². The minimum absolute atomic E-state index is 0.0437. The fourth-order valence-electron chi connectivity index (χ4n) is 2.99. The average molecular weight is 392 g/mol. The highest BCUT2D eigenvalue weighted by Crippen LogP contribution is 2.19. The molecule has 1 amide bonds. The molecule has 0 saturated carbocycles. The lowest BCUT2D eigenvalue weighted by molar-refractivity contribution is -0.122. The number of hydrogen-bond donors (Lipinski definition) is 1. The van der Waals surface area contributed by atoms with Gasteiger partial charge in [0, 0.05) is 22.7 Å². The number of carbonyl (C=O) groups excluding carboxylic acids is 2. The number of ketones is 1. The molecule has 0 saturated heterocycles. The van der Waals surface area contributed by atoms with Crippen LogP contribution in [0.3, 0.4) is 0 Å². The molecule has 1 N–H and O–H groups in total. The van der Waals surface area contributed by atoms with Crippen LogP contribution in [0.2, 0.25) is 5.02 Å². The first-order valence-corrected chi connectivity index (χ1v) is 9.64. The zero-order valence-corrected chi connectivity index (χ0v) is 16.4. The van der Waals surface area contributed by atoms with E-state index in [1.165, 1.54) is 0 Å². The number of carbonyl (C=O) groups is 2. The number of hydrogen-bond acceptors (Lipinski definition) is 2. The molecule has 0 aliphatic rings. The van der Waals surface area contributed by atoms with Crippen molar-refractivity contribution in [2.45, 2.75) is 19.3 Å². The van der Waals surface area contributed by atoms with Gasteiger partial charge >= 0.3 is 0 Å². The molecule has 3 nitrogen and oxygen atoms in total. The van der Waals surface area contributed by atoms with Crippen LogP contribution in [0.5, 0.6) is 0 Å². The quantitative estimate of drug-likeness (QED) is 0.574. The zero-order valence-electron chi connectivity index (χ0n) is 15.7. The number of nitrogens with one attached hydrogen (secondary N) is 1. The molecule has 28 heavy (non-hydrogen) atoms. The number of benzene rings is 3. The Balaban J connectivity index is 1.61. The topological polar surface area (TPSA) is 46.2 Å². The molecule has 0 heterocycles. The second-order valence-corrected chi connectivity index (χ2v) is 7.15. The van der Waals surface area contributed by atoms with Gasteiger partial charge in [0.05, 0.1) is 5.92 Å². The summed E-state index contributed by atoms with van der Waals surface area (Å²) >= 11 is 5.89. The van der Waals surface area contributed by atoms with Gasteiger partial charge in [0.25, 0.3) is 0 Å². The average Bonchev–Trinajstić information content (AvgIpc) is 2.74. The van der Waals surface area contributed by atoms with E-state index in [0.717, 1.165) is 17.5 Å². The Bertz CT molecular complexity index is 952. The van der Waals surface area contributed by atoms with E-state index in [1.54, 1.807) is 24.3 Å². The zero-order chi connectivity index (χ0) is 19.9. The Hall–Kier alpha value is -2.91. The molecule has 0 aromatic heterocycles. The maximum atomic E-state index is 12.6. The van der Waals surface area contributed by atoms with Crippen molar-refractivity contribution in [3.63, 3.8) is 0 Å². The molecule has 1 atom stereocenters. The van der Waals surface area contributed by atoms with Crippen LogP contribution in [-0.2, 0) is 11.2 Å². The van der Waals surface area contributed by atoms with Crippen LogP contribution in [-0.4, -0.2) is 18.2 Å². The highest BCUT2D eigenvalue weighted by molar-refractivity contribution is 6.30. The van der Waals surface area contributed by atoms with Crippen LogP contribution < -0.4 is 5.32 Å². The summed E-state index contributed by atoms with van der Waals surface area (Å²) in [6.45, 7) is 2.40. The van der Waals surface area contributed by atoms with Gasteiger partial charge in [0.15, 0.2) is 5.78 Å². The van der Waals surface area contributed by atoms with Crippen molar-refractivity contribution < 1.29 is 9.59 Å². The molecule has 0 unspecified atom stereocenters. The Morgan fingerprint density at radius 3 is 2.29 bits per heavy atom. The Kier molecular flexibility index (Phi) is 6.62. The van der Waals surface area contributed by atoms with E-state index in [4.69, 9.17) is 11.6 Å². The van der Waals surface area contributed by atoms with E-state index in [9.17, 15) is 9.59 Å². The van der Waals surface area contributed by atoms with Crippen molar-refractivity contribution in [3.8, 4) is 0 Å². The van der Waals surface area contributed by atoms with E-state index in [2.05, 4.69) is 5.32 Å². The standard InChI is InChI=1S/C24H22ClNO2/c1-17(24(28)26-15-14-18-10-12-22(25)13-11-18)20-8-5-9-21(16-20)23(27)19-6-3-2-4-7-19/h2-13,16-17H,14-15H2,1H3,(H,26,28)/t17-/m0/s1. The third-order valence-corrected chi connectivity index (χ3v) is 4.96. The van der Waals surface area contributed by atoms with Crippen molar-refractivity contribution >= 4 is 23.3 Å². The van der Waals surface area contributed by atoms with E-state index in [0.29, 0.717) is 22.7 Å². The summed E-state index contributed by atoms with van der Waals surface area (Å²) in [5, 5.41) is 3.67. The normalized spacial score (nSPS) is 11.6. The minimum atomic E-state index is -0.339. The van der Waals surface area contributed by atoms with Crippen LogP contribution in [0.25, 0.3) is 0 Å². The van der Waals surface area contributed by atoms with Gasteiger partial charge in [-0.05, 0) is 42.7 Å². The first-order valence-electron chi connectivity index (χ1n) is 9.26. The monoisotopic (exact) mass is 391 g/mol. The lowest BCUT2D eigenvalue weighted by Crippen LogP contribution is -2.29. The molecule has 3 rings (SSSR count). The molecule has 3 aromatic carbocycles. The summed E-state index contributed by atoms with van der Waals surface area (Å²) in [6, 6.07) is 24.0. The third-order valence-electron chi connectivity index (χ3n) is 4.70. The molecule has 0 spiro atoms. The van der Waals surface area contributed by atoms with E-state index < -0.39 is 0 Å². The Morgan fingerprint density at radius 2 is 1.57 bits per heavy atom. The van der Waals surface area contributed by atoms with Crippen LogP contribution in [0.15, 0.2) is 78.9 Å². The smallest absolute Gasteiger partial charge is 0.227 e. The van der Waals surface area contributed by atoms with Crippen molar-refractivity contribution in [2.75, 3.05) is 6.54 Å². The summed E-state index contributed by atoms with van der Waals surface area (Å²) in [5.74, 6) is -0.440. The van der Waals surface area contributed by atoms with E-state index in [1.807, 2.05) is 61.5 Å². The lowest BCUT2D eigenvalue weighted by Gasteiger charge is -2.14. The molecule has 0 aliphatic carbocycles. The highest BCUT2D eigenvalue weighted by Gasteiger charge is 2.17. The number of amides is 1. The van der Waals surface area contributed by atoms with Gasteiger partial charge in [0.1, 0.15) is 0 Å². The molecular weight excluding hydrogens is 370 g/mol. The molecule has 4 heteroatoms. The third kappa shape index (κ3) is 5.08. The maximum absolute atomic E-state index is 12.6. The van der Waals surface area contributed by atoms with Gasteiger partial charge in [-0.1, -0.05) is 72.3 Å². The van der Waals surface area contributed by atoms with Crippen molar-refractivity contribution in [2.24, 2.45) is 0 Å². The highest BCUT2D eigenvalue weighted by atomic mass is 35.5. The summed E-state index contributed by atoms with van der Waals surface area (Å²) < 4.78 is 0. The first kappa shape index (κ1) is 19.8. The molecule has 0 radical (unpaired) electrons. The Labute approximate surface area is 170 Å². The second-order valence-electron chi connectivity index (χ2n) is 6.71. The second kappa shape index (κ2) is 9.34. The van der Waals surface area contributed by atoms with Gasteiger partial charge in [-0.25, -0.2) is 0 Å². The molecule has 0 aliphatic heterocycles. The van der Waals surface area contributed by atoms with Crippen molar-refractivity contribution in [1.29, 1.82) is 0 Å². The number of halogens is 1. The number of rotatable bonds is 7.